The van der Waals surface area contributed by atoms with Gasteiger partial charge in [0.1, 0.15) is 54.4 Å². The summed E-state index contributed by atoms with van der Waals surface area (Å²) >= 11 is 0. The first kappa shape index (κ1) is 74.8. The van der Waals surface area contributed by atoms with Crippen LogP contribution in [0.25, 0.3) is 10.9 Å². The van der Waals surface area contributed by atoms with Gasteiger partial charge in [0.05, 0.1) is 31.1 Å². The van der Waals surface area contributed by atoms with E-state index >= 15 is 0 Å². The smallest absolute Gasteiger partial charge is 0.305 e. The summed E-state index contributed by atoms with van der Waals surface area (Å²) in [6.07, 6.45) is -3.20. The molecule has 87 heavy (non-hydrogen) atoms. The standard InChI is InChI=1S/C56H91N15O16/c1-9-27(5)43(69-52(83)38(21-26(3)4)67-51(82)39(66-48(79)33(58)23-41(60)75)22-31-25-62-34-16-12-11-15-32(31)34)53(84)64-36(18-19-40(59)74)50(81)70-45(29(7)72)55(86)63-35(17-13-14-20-57)49(80)68-44(28(6)10-2)54(85)71-46(30(8)73)56(87)65-37(47(61)78)24-42(76)77/h11-12,15-16,25-30,33,35-39,43-46,62,72-73H,9-10,13-14,17-24,57-58H2,1-8H3,(H2,59,74)(H2,60,75)(H2,61,78)(H,63,86)(H,64,84)(H,65,87)(H,66,79)(H,67,82)(H,68,80)(H,69,83)(H,70,81)(H,71,85)(H,76,77)/t27-,28-,29+,30+,33-,35-,36-,37-,38-,39-,43-,44-,45-,46-/m0/s1. The molecule has 12 amide bonds. The number of aliphatic hydroxyl groups is 2. The third-order valence-corrected chi connectivity index (χ3v) is 14.5. The largest absolute Gasteiger partial charge is 0.481 e. The van der Waals surface area contributed by atoms with Crippen molar-refractivity contribution >= 4 is 87.8 Å². The van der Waals surface area contributed by atoms with Gasteiger partial charge in [0, 0.05) is 29.9 Å². The minimum atomic E-state index is -1.87. The normalized spacial score (nSPS) is 16.1. The summed E-state index contributed by atoms with van der Waals surface area (Å²) in [5.74, 6) is -14.9. The van der Waals surface area contributed by atoms with E-state index in [2.05, 4.69) is 52.8 Å². The van der Waals surface area contributed by atoms with Gasteiger partial charge in [0.2, 0.25) is 70.9 Å². The molecule has 1 aromatic heterocycles. The maximum Gasteiger partial charge on any atom is 0.305 e. The van der Waals surface area contributed by atoms with Crippen molar-refractivity contribution in [3.63, 3.8) is 0 Å². The number of para-hydroxylation sites is 1. The van der Waals surface area contributed by atoms with E-state index in [0.717, 1.165) is 24.8 Å². The van der Waals surface area contributed by atoms with E-state index in [1.54, 1.807) is 72.0 Å². The summed E-state index contributed by atoms with van der Waals surface area (Å²) in [5.41, 5.74) is 29.0. The van der Waals surface area contributed by atoms with Gasteiger partial charge in [-0.3, -0.25) is 62.3 Å². The maximum atomic E-state index is 14.4. The fourth-order valence-corrected chi connectivity index (χ4v) is 9.01. The molecule has 0 bridgehead atoms. The Hall–Kier alpha value is -8.29. The van der Waals surface area contributed by atoms with Gasteiger partial charge in [0.25, 0.3) is 0 Å². The van der Waals surface area contributed by atoms with Gasteiger partial charge >= 0.3 is 5.97 Å². The number of nitrogens with two attached hydrogens (primary N) is 5. The van der Waals surface area contributed by atoms with Crippen LogP contribution in [0.1, 0.15) is 125 Å². The van der Waals surface area contributed by atoms with Crippen LogP contribution in [-0.2, 0) is 68.7 Å². The van der Waals surface area contributed by atoms with E-state index in [4.69, 9.17) is 28.7 Å². The van der Waals surface area contributed by atoms with Gasteiger partial charge in [-0.25, -0.2) is 0 Å². The summed E-state index contributed by atoms with van der Waals surface area (Å²) in [6.45, 7) is 12.5. The number of hydrogen-bond acceptors (Lipinski definition) is 17. The molecule has 2 aromatic rings. The van der Waals surface area contributed by atoms with Gasteiger partial charge in [-0.05, 0) is 81.9 Å². The Morgan fingerprint density at radius 2 is 0.954 bits per heavy atom. The van der Waals surface area contributed by atoms with Crippen molar-refractivity contribution in [1.82, 2.24) is 52.8 Å². The van der Waals surface area contributed by atoms with Crippen molar-refractivity contribution in [3.8, 4) is 0 Å². The highest BCUT2D eigenvalue weighted by molar-refractivity contribution is 6.00. The number of aliphatic hydroxyl groups excluding tert-OH is 2. The third-order valence-electron chi connectivity index (χ3n) is 14.5. The Morgan fingerprint density at radius 3 is 1.43 bits per heavy atom. The first-order valence-corrected chi connectivity index (χ1v) is 28.9. The Morgan fingerprint density at radius 1 is 0.517 bits per heavy atom. The number of amides is 12. The molecule has 0 saturated heterocycles. The van der Waals surface area contributed by atoms with Crippen molar-refractivity contribution in [2.24, 2.45) is 46.4 Å². The van der Waals surface area contributed by atoms with Gasteiger partial charge < -0.3 is 96.8 Å². The molecular weight excluding hydrogens is 1140 g/mol. The molecule has 23 N–H and O–H groups in total. The zero-order valence-electron chi connectivity index (χ0n) is 50.6. The van der Waals surface area contributed by atoms with Crippen molar-refractivity contribution in [2.45, 2.75) is 199 Å². The van der Waals surface area contributed by atoms with Gasteiger partial charge in [0.15, 0.2) is 0 Å². The number of carboxylic acid groups (broad SMARTS) is 1. The number of H-pyrrole nitrogens is 1. The van der Waals surface area contributed by atoms with Crippen molar-refractivity contribution in [2.75, 3.05) is 6.54 Å². The van der Waals surface area contributed by atoms with E-state index in [1.165, 1.54) is 0 Å². The molecule has 0 aliphatic rings. The van der Waals surface area contributed by atoms with Crippen LogP contribution in [0.2, 0.25) is 0 Å². The molecule has 14 atom stereocenters. The van der Waals surface area contributed by atoms with Crippen LogP contribution in [0.5, 0.6) is 0 Å². The maximum absolute atomic E-state index is 14.4. The van der Waals surface area contributed by atoms with Crippen LogP contribution >= 0.6 is 0 Å². The van der Waals surface area contributed by atoms with Crippen LogP contribution in [0, 0.1) is 17.8 Å². The summed E-state index contributed by atoms with van der Waals surface area (Å²) in [6, 6.07) is -8.36. The lowest BCUT2D eigenvalue weighted by Gasteiger charge is -2.31. The number of carboxylic acids is 1. The van der Waals surface area contributed by atoms with E-state index < -0.39 is 187 Å². The molecule has 0 radical (unpaired) electrons. The molecule has 1 aromatic carbocycles. The summed E-state index contributed by atoms with van der Waals surface area (Å²) in [5, 5.41) is 53.7. The number of fused-ring (bicyclic) bond motifs is 1. The molecular formula is C56H91N15O16. The number of primary amides is 3. The number of nitrogens with one attached hydrogen (secondary N) is 10. The Bertz CT molecular complexity index is 2720. The number of aromatic amines is 1. The number of hydrogen-bond donors (Lipinski definition) is 18. The Balaban J connectivity index is 2.47. The first-order valence-electron chi connectivity index (χ1n) is 28.9. The second-order valence-corrected chi connectivity index (χ2v) is 22.3. The zero-order chi connectivity index (χ0) is 66.0. The predicted molar refractivity (Wildman–Crippen MR) is 316 cm³/mol. The first-order chi connectivity index (χ1) is 40.8. The third kappa shape index (κ3) is 24.9. The average Bonchev–Trinajstić information content (AvgIpc) is 2.72. The lowest BCUT2D eigenvalue weighted by molar-refractivity contribution is -0.141. The SMILES string of the molecule is CC[C@H](C)[C@H](NC(=O)[C@H](CC(C)C)NC(=O)[C@H](Cc1c[nH]c2ccccc12)NC(=O)[C@@H](N)CC(N)=O)C(=O)N[C@@H](CCC(N)=O)C(=O)N[C@H](C(=O)N[C@@H](CCCCN)C(=O)N[C@H](C(=O)N[C@H](C(=O)N[C@@H](CC(=O)O)C(N)=O)[C@@H](C)O)[C@@H](C)CC)[C@@H](C)O. The fourth-order valence-electron chi connectivity index (χ4n) is 9.01. The fraction of sp³-hybridized carbons (Fsp3) is 0.625. The quantitative estimate of drug-likeness (QED) is 0.0280. The number of aromatic nitrogens is 1. The second-order valence-electron chi connectivity index (χ2n) is 22.3. The Labute approximate surface area is 504 Å². The molecule has 486 valence electrons. The highest BCUT2D eigenvalue weighted by Gasteiger charge is 2.39. The molecule has 31 heteroatoms. The lowest BCUT2D eigenvalue weighted by atomic mass is 9.95. The summed E-state index contributed by atoms with van der Waals surface area (Å²) in [4.78, 5) is 176. The summed E-state index contributed by atoms with van der Waals surface area (Å²) in [7, 11) is 0. The Kier molecular flexibility index (Phi) is 31.5. The van der Waals surface area contributed by atoms with Crippen LogP contribution in [0.4, 0.5) is 0 Å². The number of carbonyl (C=O) groups is 13. The predicted octanol–water partition coefficient (Wildman–Crippen LogP) is -4.47. The van der Waals surface area contributed by atoms with Crippen molar-refractivity contribution < 1.29 is 77.6 Å². The molecule has 0 unspecified atom stereocenters. The highest BCUT2D eigenvalue weighted by atomic mass is 16.4. The van der Waals surface area contributed by atoms with Crippen molar-refractivity contribution in [3.05, 3.63) is 36.0 Å². The minimum Gasteiger partial charge on any atom is -0.481 e. The molecule has 1 heterocycles. The van der Waals surface area contributed by atoms with Crippen LogP contribution in [0.3, 0.4) is 0 Å². The topological polar surface area (TPSA) is 537 Å². The van der Waals surface area contributed by atoms with Gasteiger partial charge in [-0.1, -0.05) is 72.6 Å². The van der Waals surface area contributed by atoms with E-state index in [1.807, 2.05) is 0 Å². The highest BCUT2D eigenvalue weighted by Crippen LogP contribution is 2.20. The number of rotatable bonds is 40. The number of aliphatic carboxylic acids is 1. The van der Waals surface area contributed by atoms with E-state index in [-0.39, 0.29) is 51.0 Å². The monoisotopic (exact) mass is 1230 g/mol. The van der Waals surface area contributed by atoms with E-state index in [9.17, 15) is 77.6 Å². The number of unbranched alkanes of at least 4 members (excludes halogenated alkanes) is 1. The number of carbonyl (C=O) groups excluding carboxylic acids is 12. The van der Waals surface area contributed by atoms with Gasteiger partial charge in [-0.15, -0.1) is 0 Å². The van der Waals surface area contributed by atoms with Crippen LogP contribution < -0.4 is 76.5 Å². The van der Waals surface area contributed by atoms with Crippen molar-refractivity contribution in [1.29, 1.82) is 0 Å². The molecule has 0 aliphatic heterocycles. The van der Waals surface area contributed by atoms with E-state index in [0.29, 0.717) is 12.0 Å². The van der Waals surface area contributed by atoms with Gasteiger partial charge in [-0.2, -0.15) is 0 Å². The molecule has 31 nitrogen and oxygen atoms in total. The average molecular weight is 1230 g/mol. The molecule has 0 fully saturated rings. The molecule has 0 saturated carbocycles. The van der Waals surface area contributed by atoms with Crippen LogP contribution in [0.15, 0.2) is 30.5 Å². The summed E-state index contributed by atoms with van der Waals surface area (Å²) < 4.78 is 0. The zero-order valence-corrected chi connectivity index (χ0v) is 50.6. The number of benzene rings is 1. The molecule has 2 rings (SSSR count). The second kappa shape index (κ2) is 36.6. The lowest BCUT2D eigenvalue weighted by Crippen LogP contribution is -2.63. The van der Waals surface area contributed by atoms with Crippen LogP contribution in [-0.4, -0.2) is 176 Å². The molecule has 0 spiro atoms. The molecule has 0 aliphatic carbocycles. The minimum absolute atomic E-state index is 0.0154.